The molecule has 2 heteroatoms. The monoisotopic (exact) mass is 255 g/mol. The molecule has 0 aromatic heterocycles. The summed E-state index contributed by atoms with van der Waals surface area (Å²) in [5.41, 5.74) is 4.96. The van der Waals surface area contributed by atoms with E-state index in [4.69, 9.17) is 4.74 Å². The maximum Gasteiger partial charge on any atom is 0.119 e. The molecule has 0 radical (unpaired) electrons. The lowest BCUT2D eigenvalue weighted by molar-refractivity contribution is 0.414. The summed E-state index contributed by atoms with van der Waals surface area (Å²) in [6.45, 7) is 6.41. The molecule has 100 valence electrons. The maximum absolute atomic E-state index is 5.27. The molecule has 1 unspecified atom stereocenters. The Morgan fingerprint density at radius 1 is 1.05 bits per heavy atom. The third-order valence-corrected chi connectivity index (χ3v) is 3.35. The molecule has 0 heterocycles. The van der Waals surface area contributed by atoms with Gasteiger partial charge in [-0.25, -0.2) is 0 Å². The van der Waals surface area contributed by atoms with Crippen LogP contribution in [0.5, 0.6) is 5.75 Å². The first-order chi connectivity index (χ1) is 9.10. The van der Waals surface area contributed by atoms with Crippen molar-refractivity contribution in [3.63, 3.8) is 0 Å². The highest BCUT2D eigenvalue weighted by molar-refractivity contribution is 5.53. The van der Waals surface area contributed by atoms with E-state index in [1.807, 2.05) is 12.1 Å². The van der Waals surface area contributed by atoms with Crippen LogP contribution in [0.2, 0.25) is 0 Å². The summed E-state index contributed by atoms with van der Waals surface area (Å²) >= 11 is 0. The number of hydrogen-bond donors (Lipinski definition) is 1. The van der Waals surface area contributed by atoms with Crippen molar-refractivity contribution in [1.29, 1.82) is 0 Å². The number of benzene rings is 2. The summed E-state index contributed by atoms with van der Waals surface area (Å²) in [6.07, 6.45) is 0. The lowest BCUT2D eigenvalue weighted by Crippen LogP contribution is -2.07. The molecule has 2 aromatic carbocycles. The van der Waals surface area contributed by atoms with E-state index in [2.05, 4.69) is 56.4 Å². The standard InChI is InChI=1S/C17H21NO/c1-12-8-9-17(13(2)10-12)18-14(3)15-6-5-7-16(11-15)19-4/h5-11,14,18H,1-4H3. The highest BCUT2D eigenvalue weighted by atomic mass is 16.5. The van der Waals surface area contributed by atoms with Crippen molar-refractivity contribution in [2.24, 2.45) is 0 Å². The quantitative estimate of drug-likeness (QED) is 0.869. The van der Waals surface area contributed by atoms with Crippen LogP contribution in [0.1, 0.15) is 29.7 Å². The minimum Gasteiger partial charge on any atom is -0.497 e. The van der Waals surface area contributed by atoms with E-state index in [0.29, 0.717) is 0 Å². The van der Waals surface area contributed by atoms with E-state index in [-0.39, 0.29) is 6.04 Å². The highest BCUT2D eigenvalue weighted by Gasteiger charge is 2.07. The second kappa shape index (κ2) is 5.79. The van der Waals surface area contributed by atoms with Crippen LogP contribution in [0, 0.1) is 13.8 Å². The SMILES string of the molecule is COc1cccc(C(C)Nc2ccc(C)cc2C)c1. The molecular weight excluding hydrogens is 234 g/mol. The van der Waals surface area contributed by atoms with Crippen molar-refractivity contribution < 1.29 is 4.74 Å². The van der Waals surface area contributed by atoms with E-state index in [9.17, 15) is 0 Å². The Balaban J connectivity index is 2.17. The second-order valence-electron chi connectivity index (χ2n) is 4.96. The van der Waals surface area contributed by atoms with Crippen LogP contribution in [-0.4, -0.2) is 7.11 Å². The molecule has 19 heavy (non-hydrogen) atoms. The molecule has 2 nitrogen and oxygen atoms in total. The molecule has 1 N–H and O–H groups in total. The van der Waals surface area contributed by atoms with Crippen molar-refractivity contribution in [3.8, 4) is 5.75 Å². The van der Waals surface area contributed by atoms with Gasteiger partial charge in [0.05, 0.1) is 7.11 Å². The Labute approximate surface area is 115 Å². The number of methoxy groups -OCH3 is 1. The van der Waals surface area contributed by atoms with Gasteiger partial charge in [0.2, 0.25) is 0 Å². The van der Waals surface area contributed by atoms with Crippen LogP contribution in [-0.2, 0) is 0 Å². The summed E-state index contributed by atoms with van der Waals surface area (Å²) in [4.78, 5) is 0. The van der Waals surface area contributed by atoms with E-state index in [0.717, 1.165) is 5.75 Å². The van der Waals surface area contributed by atoms with Crippen LogP contribution < -0.4 is 10.1 Å². The van der Waals surface area contributed by atoms with Gasteiger partial charge in [-0.2, -0.15) is 0 Å². The van der Waals surface area contributed by atoms with Crippen LogP contribution in [0.15, 0.2) is 42.5 Å². The molecule has 1 atom stereocenters. The van der Waals surface area contributed by atoms with Crippen LogP contribution in [0.3, 0.4) is 0 Å². The largest absolute Gasteiger partial charge is 0.497 e. The number of rotatable bonds is 4. The number of anilines is 1. The molecule has 0 saturated heterocycles. The average Bonchev–Trinajstić information content (AvgIpc) is 2.42. The molecule has 0 aliphatic rings. The number of aryl methyl sites for hydroxylation is 2. The Morgan fingerprint density at radius 3 is 2.53 bits per heavy atom. The van der Waals surface area contributed by atoms with Gasteiger partial charge in [-0.1, -0.05) is 29.8 Å². The molecule has 0 spiro atoms. The lowest BCUT2D eigenvalue weighted by Gasteiger charge is -2.18. The zero-order valence-corrected chi connectivity index (χ0v) is 12.0. The van der Waals surface area contributed by atoms with Gasteiger partial charge < -0.3 is 10.1 Å². The first-order valence-corrected chi connectivity index (χ1v) is 6.58. The zero-order valence-electron chi connectivity index (χ0n) is 12.0. The van der Waals surface area contributed by atoms with Crippen molar-refractivity contribution in [2.75, 3.05) is 12.4 Å². The highest BCUT2D eigenvalue weighted by Crippen LogP contribution is 2.25. The maximum atomic E-state index is 5.27. The van der Waals surface area contributed by atoms with Gasteiger partial charge in [-0.15, -0.1) is 0 Å². The predicted molar refractivity (Wildman–Crippen MR) is 80.9 cm³/mol. The number of hydrogen-bond acceptors (Lipinski definition) is 2. The van der Waals surface area contributed by atoms with Gasteiger partial charge in [0.15, 0.2) is 0 Å². The van der Waals surface area contributed by atoms with Gasteiger partial charge in [0, 0.05) is 11.7 Å². The summed E-state index contributed by atoms with van der Waals surface area (Å²) < 4.78 is 5.27. The fourth-order valence-electron chi connectivity index (χ4n) is 2.20. The van der Waals surface area contributed by atoms with E-state index >= 15 is 0 Å². The minimum absolute atomic E-state index is 0.247. The van der Waals surface area contributed by atoms with Gasteiger partial charge in [0.25, 0.3) is 0 Å². The first kappa shape index (κ1) is 13.5. The topological polar surface area (TPSA) is 21.3 Å². The molecule has 0 fully saturated rings. The molecule has 0 bridgehead atoms. The van der Waals surface area contributed by atoms with Crippen LogP contribution in [0.25, 0.3) is 0 Å². The summed E-state index contributed by atoms with van der Waals surface area (Å²) in [5, 5.41) is 3.55. The zero-order chi connectivity index (χ0) is 13.8. The molecule has 0 amide bonds. The minimum atomic E-state index is 0.247. The van der Waals surface area contributed by atoms with Crippen molar-refractivity contribution in [3.05, 3.63) is 59.2 Å². The Hall–Kier alpha value is -1.96. The van der Waals surface area contributed by atoms with E-state index in [1.165, 1.54) is 22.4 Å². The predicted octanol–water partition coefficient (Wildman–Crippen LogP) is 4.49. The van der Waals surface area contributed by atoms with Gasteiger partial charge >= 0.3 is 0 Å². The molecule has 0 saturated carbocycles. The van der Waals surface area contributed by atoms with Gasteiger partial charge in [-0.3, -0.25) is 0 Å². The second-order valence-corrected chi connectivity index (χ2v) is 4.96. The van der Waals surface area contributed by atoms with Crippen molar-refractivity contribution >= 4 is 5.69 Å². The molecule has 2 aromatic rings. The van der Waals surface area contributed by atoms with Gasteiger partial charge in [0.1, 0.15) is 5.75 Å². The molecular formula is C17H21NO. The molecule has 2 rings (SSSR count). The first-order valence-electron chi connectivity index (χ1n) is 6.58. The fourth-order valence-corrected chi connectivity index (χ4v) is 2.20. The Bertz CT molecular complexity index is 563. The van der Waals surface area contributed by atoms with Crippen LogP contribution >= 0.6 is 0 Å². The number of nitrogens with one attached hydrogen (secondary N) is 1. The normalized spacial score (nSPS) is 12.0. The van der Waals surface area contributed by atoms with Crippen LogP contribution in [0.4, 0.5) is 5.69 Å². The van der Waals surface area contributed by atoms with E-state index < -0.39 is 0 Å². The molecule has 0 aliphatic carbocycles. The van der Waals surface area contributed by atoms with Crippen molar-refractivity contribution in [2.45, 2.75) is 26.8 Å². The fraction of sp³-hybridized carbons (Fsp3) is 0.294. The third-order valence-electron chi connectivity index (χ3n) is 3.35. The van der Waals surface area contributed by atoms with E-state index in [1.54, 1.807) is 7.11 Å². The van der Waals surface area contributed by atoms with Crippen molar-refractivity contribution in [1.82, 2.24) is 0 Å². The Morgan fingerprint density at radius 2 is 1.84 bits per heavy atom. The molecule has 0 aliphatic heterocycles. The summed E-state index contributed by atoms with van der Waals surface area (Å²) in [5.74, 6) is 0.895. The lowest BCUT2D eigenvalue weighted by atomic mass is 10.1. The third kappa shape index (κ3) is 3.28. The summed E-state index contributed by atoms with van der Waals surface area (Å²) in [6, 6.07) is 14.9. The Kier molecular flexibility index (Phi) is 4.10. The van der Waals surface area contributed by atoms with Gasteiger partial charge in [-0.05, 0) is 50.1 Å². The summed E-state index contributed by atoms with van der Waals surface area (Å²) in [7, 11) is 1.70. The average molecular weight is 255 g/mol. The number of ether oxygens (including phenoxy) is 1. The smallest absolute Gasteiger partial charge is 0.119 e.